The van der Waals surface area contributed by atoms with Crippen LogP contribution in [0.4, 0.5) is 11.4 Å². The second-order valence-electron chi connectivity index (χ2n) is 8.75. The minimum Gasteiger partial charge on any atom is -0.324 e. The first kappa shape index (κ1) is 24.3. The number of carbonyl (C=O) groups is 1. The SMILES string of the molecule is Cc1ccc(S(=O)(=O)N(CC(=O)Nc2ccc3c(c2)n(C)c(=O)n3C)c2ccc(C)c(C)c2)cc1. The number of sulfonamides is 1. The van der Waals surface area contributed by atoms with Gasteiger partial charge in [-0.05, 0) is 74.4 Å². The highest BCUT2D eigenvalue weighted by molar-refractivity contribution is 7.92. The van der Waals surface area contributed by atoms with Crippen molar-refractivity contribution in [3.05, 3.63) is 87.8 Å². The van der Waals surface area contributed by atoms with Crippen LogP contribution in [-0.2, 0) is 28.9 Å². The summed E-state index contributed by atoms with van der Waals surface area (Å²) in [4.78, 5) is 25.4. The van der Waals surface area contributed by atoms with Crippen LogP contribution in [0.2, 0.25) is 0 Å². The number of benzene rings is 3. The summed E-state index contributed by atoms with van der Waals surface area (Å²) < 4.78 is 31.3. The fraction of sp³-hybridized carbons (Fsp3) is 0.231. The Hall–Kier alpha value is -3.85. The van der Waals surface area contributed by atoms with Crippen LogP contribution in [0.1, 0.15) is 16.7 Å². The van der Waals surface area contributed by atoms with Crippen molar-refractivity contribution in [1.29, 1.82) is 0 Å². The molecule has 4 rings (SSSR count). The zero-order chi connectivity index (χ0) is 25.5. The maximum Gasteiger partial charge on any atom is 0.328 e. The topological polar surface area (TPSA) is 93.4 Å². The van der Waals surface area contributed by atoms with E-state index >= 15 is 0 Å². The second kappa shape index (κ2) is 9.07. The monoisotopic (exact) mass is 492 g/mol. The third-order valence-corrected chi connectivity index (χ3v) is 8.02. The van der Waals surface area contributed by atoms with E-state index in [9.17, 15) is 18.0 Å². The zero-order valence-electron chi connectivity index (χ0n) is 20.4. The highest BCUT2D eigenvalue weighted by atomic mass is 32.2. The number of nitrogens with zero attached hydrogens (tertiary/aromatic N) is 3. The van der Waals surface area contributed by atoms with E-state index in [1.54, 1.807) is 68.7 Å². The molecule has 0 aliphatic heterocycles. The summed E-state index contributed by atoms with van der Waals surface area (Å²) in [5.41, 5.74) is 4.97. The summed E-state index contributed by atoms with van der Waals surface area (Å²) in [5.74, 6) is -0.501. The van der Waals surface area contributed by atoms with Crippen LogP contribution in [0, 0.1) is 20.8 Å². The van der Waals surface area contributed by atoms with Gasteiger partial charge in [0.2, 0.25) is 5.91 Å². The molecular formula is C26H28N4O4S. The first-order chi connectivity index (χ1) is 16.5. The van der Waals surface area contributed by atoms with Crippen molar-refractivity contribution < 1.29 is 13.2 Å². The number of fused-ring (bicyclic) bond motifs is 1. The average molecular weight is 493 g/mol. The van der Waals surface area contributed by atoms with E-state index in [1.807, 2.05) is 26.8 Å². The van der Waals surface area contributed by atoms with E-state index < -0.39 is 22.5 Å². The maximum absolute atomic E-state index is 13.6. The van der Waals surface area contributed by atoms with Crippen molar-refractivity contribution in [2.45, 2.75) is 25.7 Å². The van der Waals surface area contributed by atoms with E-state index in [4.69, 9.17) is 0 Å². The lowest BCUT2D eigenvalue weighted by Gasteiger charge is -2.25. The van der Waals surface area contributed by atoms with Crippen molar-refractivity contribution in [1.82, 2.24) is 9.13 Å². The molecule has 0 atom stereocenters. The van der Waals surface area contributed by atoms with E-state index in [1.165, 1.54) is 9.13 Å². The van der Waals surface area contributed by atoms with Crippen molar-refractivity contribution >= 4 is 38.3 Å². The molecule has 1 N–H and O–H groups in total. The largest absolute Gasteiger partial charge is 0.328 e. The van der Waals surface area contributed by atoms with E-state index in [0.29, 0.717) is 16.9 Å². The summed E-state index contributed by atoms with van der Waals surface area (Å²) >= 11 is 0. The van der Waals surface area contributed by atoms with Crippen molar-refractivity contribution in [2.75, 3.05) is 16.2 Å². The summed E-state index contributed by atoms with van der Waals surface area (Å²) in [6, 6.07) is 17.0. The molecule has 3 aromatic carbocycles. The first-order valence-electron chi connectivity index (χ1n) is 11.1. The van der Waals surface area contributed by atoms with Crippen LogP contribution in [0.15, 0.2) is 70.4 Å². The summed E-state index contributed by atoms with van der Waals surface area (Å²) in [5, 5.41) is 2.78. The van der Waals surface area contributed by atoms with Gasteiger partial charge in [0.15, 0.2) is 0 Å². The van der Waals surface area contributed by atoms with Crippen molar-refractivity contribution in [3.63, 3.8) is 0 Å². The number of amides is 1. The molecule has 0 fully saturated rings. The van der Waals surface area contributed by atoms with Gasteiger partial charge in [-0.2, -0.15) is 0 Å². The van der Waals surface area contributed by atoms with Crippen molar-refractivity contribution in [2.24, 2.45) is 14.1 Å². The fourth-order valence-corrected chi connectivity index (χ4v) is 5.36. The standard InChI is InChI=1S/C26H28N4O4S/c1-17-6-11-22(12-7-17)35(33,34)30(21-10-8-18(2)19(3)14-21)16-25(31)27-20-9-13-23-24(15-20)29(5)26(32)28(23)4/h6-15H,16H2,1-5H3,(H,27,31). The average Bonchev–Trinajstić information content (AvgIpc) is 3.03. The molecule has 0 saturated carbocycles. The van der Waals surface area contributed by atoms with Crippen LogP contribution >= 0.6 is 0 Å². The fourth-order valence-electron chi connectivity index (χ4n) is 3.95. The Bertz CT molecular complexity index is 1600. The number of hydrogen-bond acceptors (Lipinski definition) is 4. The third-order valence-electron chi connectivity index (χ3n) is 6.23. The second-order valence-corrected chi connectivity index (χ2v) is 10.6. The molecule has 0 saturated heterocycles. The summed E-state index contributed by atoms with van der Waals surface area (Å²) in [7, 11) is -0.668. The molecule has 0 aliphatic carbocycles. The molecule has 4 aromatic rings. The predicted molar refractivity (Wildman–Crippen MR) is 138 cm³/mol. The van der Waals surface area contributed by atoms with Gasteiger partial charge in [0, 0.05) is 19.8 Å². The number of anilines is 2. The number of imidazole rings is 1. The lowest BCUT2D eigenvalue weighted by molar-refractivity contribution is -0.114. The zero-order valence-corrected chi connectivity index (χ0v) is 21.2. The molecule has 35 heavy (non-hydrogen) atoms. The van der Waals surface area contributed by atoms with Gasteiger partial charge in [-0.3, -0.25) is 18.2 Å². The number of nitrogens with one attached hydrogen (secondary N) is 1. The summed E-state index contributed by atoms with van der Waals surface area (Å²) in [6.45, 7) is 5.31. The minimum absolute atomic E-state index is 0.106. The number of aryl methyl sites for hydroxylation is 5. The number of hydrogen-bond donors (Lipinski definition) is 1. The molecule has 1 amide bonds. The van der Waals surface area contributed by atoms with E-state index in [0.717, 1.165) is 26.5 Å². The van der Waals surface area contributed by atoms with Gasteiger partial charge < -0.3 is 5.32 Å². The summed E-state index contributed by atoms with van der Waals surface area (Å²) in [6.07, 6.45) is 0. The molecule has 0 radical (unpaired) electrons. The van der Waals surface area contributed by atoms with Crippen LogP contribution in [0.3, 0.4) is 0 Å². The first-order valence-corrected chi connectivity index (χ1v) is 12.5. The Balaban J connectivity index is 1.69. The van der Waals surface area contributed by atoms with Crippen LogP contribution in [0.25, 0.3) is 11.0 Å². The van der Waals surface area contributed by atoms with Crippen LogP contribution < -0.4 is 15.3 Å². The van der Waals surface area contributed by atoms with Gasteiger partial charge in [0.1, 0.15) is 6.54 Å². The van der Waals surface area contributed by atoms with Gasteiger partial charge in [-0.15, -0.1) is 0 Å². The Kier molecular flexibility index (Phi) is 6.29. The Morgan fingerprint density at radius 1 is 0.857 bits per heavy atom. The van der Waals surface area contributed by atoms with Gasteiger partial charge in [-0.1, -0.05) is 23.8 Å². The number of carbonyl (C=O) groups excluding carboxylic acids is 1. The van der Waals surface area contributed by atoms with Crippen LogP contribution in [0.5, 0.6) is 0 Å². The predicted octanol–water partition coefficient (Wildman–Crippen LogP) is 3.64. The maximum atomic E-state index is 13.6. The molecule has 0 aliphatic rings. The molecule has 0 bridgehead atoms. The molecule has 8 nitrogen and oxygen atoms in total. The lowest BCUT2D eigenvalue weighted by atomic mass is 10.1. The molecule has 0 spiro atoms. The van der Waals surface area contributed by atoms with Gasteiger partial charge in [-0.25, -0.2) is 13.2 Å². The van der Waals surface area contributed by atoms with Crippen molar-refractivity contribution in [3.8, 4) is 0 Å². The Morgan fingerprint density at radius 2 is 1.51 bits per heavy atom. The smallest absolute Gasteiger partial charge is 0.324 e. The normalized spacial score (nSPS) is 11.6. The Morgan fingerprint density at radius 3 is 2.17 bits per heavy atom. The Labute approximate surface area is 204 Å². The minimum atomic E-state index is -4.01. The number of rotatable bonds is 6. The van der Waals surface area contributed by atoms with Crippen LogP contribution in [-0.4, -0.2) is 30.0 Å². The number of aromatic nitrogens is 2. The highest BCUT2D eigenvalue weighted by Gasteiger charge is 2.27. The van der Waals surface area contributed by atoms with E-state index in [-0.39, 0.29) is 10.6 Å². The lowest BCUT2D eigenvalue weighted by Crippen LogP contribution is -2.38. The molecule has 1 aromatic heterocycles. The van der Waals surface area contributed by atoms with Gasteiger partial charge in [0.05, 0.1) is 21.6 Å². The molecule has 0 unspecified atom stereocenters. The molecular weight excluding hydrogens is 464 g/mol. The molecule has 9 heteroatoms. The quantitative estimate of drug-likeness (QED) is 0.445. The van der Waals surface area contributed by atoms with Gasteiger partial charge in [0.25, 0.3) is 10.0 Å². The molecule has 1 heterocycles. The third kappa shape index (κ3) is 4.59. The van der Waals surface area contributed by atoms with E-state index in [2.05, 4.69) is 5.32 Å². The highest BCUT2D eigenvalue weighted by Crippen LogP contribution is 2.26. The molecule has 182 valence electrons. The van der Waals surface area contributed by atoms with Gasteiger partial charge >= 0.3 is 5.69 Å².